The summed E-state index contributed by atoms with van der Waals surface area (Å²) in [5.41, 5.74) is 0.878. The first-order valence-electron chi connectivity index (χ1n) is 7.45. The zero-order valence-electron chi connectivity index (χ0n) is 12.0. The highest BCUT2D eigenvalue weighted by Crippen LogP contribution is 2.19. The Labute approximate surface area is 131 Å². The summed E-state index contributed by atoms with van der Waals surface area (Å²) in [5, 5.41) is 4.81. The number of nitrogens with one attached hydrogen (secondary N) is 1. The number of hydrogen-bond acceptors (Lipinski definition) is 3. The van der Waals surface area contributed by atoms with Crippen LogP contribution in [-0.4, -0.2) is 35.6 Å². The summed E-state index contributed by atoms with van der Waals surface area (Å²) < 4.78 is 0. The monoisotopic (exact) mass is 315 g/mol. The van der Waals surface area contributed by atoms with Crippen LogP contribution in [0.3, 0.4) is 0 Å². The summed E-state index contributed by atoms with van der Waals surface area (Å²) in [6.07, 6.45) is 5.02. The van der Waals surface area contributed by atoms with Crippen molar-refractivity contribution in [1.82, 2.24) is 15.2 Å². The highest BCUT2D eigenvalue weighted by molar-refractivity contribution is 6.32. The van der Waals surface area contributed by atoms with E-state index in [9.17, 15) is 0 Å². The Morgan fingerprint density at radius 1 is 1.35 bits per heavy atom. The van der Waals surface area contributed by atoms with Crippen LogP contribution in [0.15, 0.2) is 12.1 Å². The Hall–Kier alpha value is -0.350. The number of piperidine rings is 1. The third-order valence-electron chi connectivity index (χ3n) is 3.69. The van der Waals surface area contributed by atoms with Crippen LogP contribution in [0.2, 0.25) is 10.2 Å². The van der Waals surface area contributed by atoms with Gasteiger partial charge in [-0.2, -0.15) is 0 Å². The molecule has 1 aliphatic heterocycles. The summed E-state index contributed by atoms with van der Waals surface area (Å²) in [4.78, 5) is 6.78. The zero-order chi connectivity index (χ0) is 14.4. The lowest BCUT2D eigenvalue weighted by molar-refractivity contribution is 0.215. The maximum atomic E-state index is 6.22. The molecule has 0 bridgehead atoms. The van der Waals surface area contributed by atoms with Gasteiger partial charge in [0, 0.05) is 19.1 Å². The Bertz CT molecular complexity index is 420. The standard InChI is InChI=1S/C15H23Cl2N3/c1-2-9-20(10-12-5-3-4-8-18-12)11-14-13(16)6-7-15(17)19-14/h6-7,12,18H,2-5,8-11H2,1H3. The van der Waals surface area contributed by atoms with E-state index in [1.807, 2.05) is 6.07 Å². The van der Waals surface area contributed by atoms with E-state index >= 15 is 0 Å². The van der Waals surface area contributed by atoms with Crippen LogP contribution in [0.25, 0.3) is 0 Å². The molecule has 5 heteroatoms. The lowest BCUT2D eigenvalue weighted by Crippen LogP contribution is -2.43. The Morgan fingerprint density at radius 2 is 2.20 bits per heavy atom. The van der Waals surface area contributed by atoms with Gasteiger partial charge in [0.1, 0.15) is 5.15 Å². The second-order valence-corrected chi connectivity index (χ2v) is 6.24. The van der Waals surface area contributed by atoms with Crippen LogP contribution < -0.4 is 5.32 Å². The molecule has 0 amide bonds. The SMILES string of the molecule is CCCN(Cc1nc(Cl)ccc1Cl)CC1CCCCN1. The smallest absolute Gasteiger partial charge is 0.129 e. The van der Waals surface area contributed by atoms with Crippen molar-refractivity contribution in [2.75, 3.05) is 19.6 Å². The van der Waals surface area contributed by atoms with Gasteiger partial charge in [-0.25, -0.2) is 4.98 Å². The summed E-state index contributed by atoms with van der Waals surface area (Å²) >= 11 is 12.2. The lowest BCUT2D eigenvalue weighted by atomic mass is 10.0. The minimum absolute atomic E-state index is 0.511. The predicted molar refractivity (Wildman–Crippen MR) is 85.5 cm³/mol. The minimum atomic E-state index is 0.511. The number of rotatable bonds is 6. The van der Waals surface area contributed by atoms with Crippen LogP contribution >= 0.6 is 23.2 Å². The van der Waals surface area contributed by atoms with Gasteiger partial charge >= 0.3 is 0 Å². The molecule has 0 aromatic carbocycles. The quantitative estimate of drug-likeness (QED) is 0.810. The van der Waals surface area contributed by atoms with Gasteiger partial charge in [-0.15, -0.1) is 0 Å². The largest absolute Gasteiger partial charge is 0.313 e. The fourth-order valence-electron chi connectivity index (χ4n) is 2.72. The van der Waals surface area contributed by atoms with E-state index in [2.05, 4.69) is 22.1 Å². The molecule has 20 heavy (non-hydrogen) atoms. The van der Waals surface area contributed by atoms with Crippen LogP contribution in [-0.2, 0) is 6.54 Å². The third-order valence-corrected chi connectivity index (χ3v) is 4.24. The van der Waals surface area contributed by atoms with Crippen molar-refractivity contribution in [3.05, 3.63) is 28.0 Å². The van der Waals surface area contributed by atoms with Gasteiger partial charge in [-0.05, 0) is 44.5 Å². The number of pyridine rings is 1. The van der Waals surface area contributed by atoms with Crippen LogP contribution in [0.5, 0.6) is 0 Å². The third kappa shape index (κ3) is 4.88. The molecule has 1 aliphatic rings. The zero-order valence-corrected chi connectivity index (χ0v) is 13.6. The highest BCUT2D eigenvalue weighted by Gasteiger charge is 2.17. The Kier molecular flexibility index (Phi) is 6.56. The van der Waals surface area contributed by atoms with Crippen molar-refractivity contribution in [2.24, 2.45) is 0 Å². The van der Waals surface area contributed by atoms with Gasteiger partial charge in [-0.3, -0.25) is 4.90 Å². The first-order chi connectivity index (χ1) is 9.69. The molecule has 1 N–H and O–H groups in total. The number of aromatic nitrogens is 1. The molecule has 0 saturated carbocycles. The topological polar surface area (TPSA) is 28.2 Å². The van der Waals surface area contributed by atoms with E-state index in [-0.39, 0.29) is 0 Å². The molecular weight excluding hydrogens is 293 g/mol. The second-order valence-electron chi connectivity index (χ2n) is 5.44. The first-order valence-corrected chi connectivity index (χ1v) is 8.21. The average molecular weight is 316 g/mol. The molecule has 1 unspecified atom stereocenters. The molecule has 1 saturated heterocycles. The Balaban J connectivity index is 1.98. The van der Waals surface area contributed by atoms with Crippen LogP contribution in [0.1, 0.15) is 38.3 Å². The number of hydrogen-bond donors (Lipinski definition) is 1. The molecule has 1 aromatic heterocycles. The molecule has 0 aliphatic carbocycles. The molecule has 112 valence electrons. The van der Waals surface area contributed by atoms with E-state index in [0.29, 0.717) is 16.2 Å². The maximum Gasteiger partial charge on any atom is 0.129 e. The van der Waals surface area contributed by atoms with E-state index in [4.69, 9.17) is 23.2 Å². The Morgan fingerprint density at radius 3 is 2.90 bits per heavy atom. The van der Waals surface area contributed by atoms with Gasteiger partial charge < -0.3 is 5.32 Å². The second kappa shape index (κ2) is 8.18. The van der Waals surface area contributed by atoms with Gasteiger partial charge in [0.15, 0.2) is 0 Å². The van der Waals surface area contributed by atoms with Gasteiger partial charge in [-0.1, -0.05) is 36.5 Å². The molecule has 0 spiro atoms. The normalized spacial score (nSPS) is 19.5. The summed E-state index contributed by atoms with van der Waals surface area (Å²) in [6.45, 7) is 6.22. The summed E-state index contributed by atoms with van der Waals surface area (Å²) in [5.74, 6) is 0. The molecule has 1 aromatic rings. The molecule has 2 heterocycles. The van der Waals surface area contributed by atoms with Gasteiger partial charge in [0.05, 0.1) is 10.7 Å². The minimum Gasteiger partial charge on any atom is -0.313 e. The number of halogens is 2. The summed E-state index contributed by atoms with van der Waals surface area (Å²) in [7, 11) is 0. The molecule has 0 radical (unpaired) electrons. The number of nitrogens with zero attached hydrogens (tertiary/aromatic N) is 2. The van der Waals surface area contributed by atoms with Crippen molar-refractivity contribution < 1.29 is 0 Å². The van der Waals surface area contributed by atoms with E-state index in [0.717, 1.165) is 38.3 Å². The highest BCUT2D eigenvalue weighted by atomic mass is 35.5. The molecule has 3 nitrogen and oxygen atoms in total. The van der Waals surface area contributed by atoms with E-state index < -0.39 is 0 Å². The average Bonchev–Trinajstić information content (AvgIpc) is 2.44. The molecule has 1 atom stereocenters. The van der Waals surface area contributed by atoms with Gasteiger partial charge in [0.25, 0.3) is 0 Å². The van der Waals surface area contributed by atoms with Crippen LogP contribution in [0, 0.1) is 0 Å². The van der Waals surface area contributed by atoms with E-state index in [1.165, 1.54) is 19.3 Å². The van der Waals surface area contributed by atoms with Crippen molar-refractivity contribution in [3.63, 3.8) is 0 Å². The van der Waals surface area contributed by atoms with Gasteiger partial charge in [0.2, 0.25) is 0 Å². The van der Waals surface area contributed by atoms with Crippen molar-refractivity contribution in [1.29, 1.82) is 0 Å². The maximum absolute atomic E-state index is 6.22. The summed E-state index contributed by atoms with van der Waals surface area (Å²) in [6, 6.07) is 4.16. The predicted octanol–water partition coefficient (Wildman–Crippen LogP) is 3.74. The van der Waals surface area contributed by atoms with Crippen molar-refractivity contribution in [2.45, 2.75) is 45.2 Å². The van der Waals surface area contributed by atoms with Crippen molar-refractivity contribution in [3.8, 4) is 0 Å². The fourth-order valence-corrected chi connectivity index (χ4v) is 3.05. The molecule has 1 fully saturated rings. The fraction of sp³-hybridized carbons (Fsp3) is 0.667. The molecular formula is C15H23Cl2N3. The van der Waals surface area contributed by atoms with Crippen molar-refractivity contribution >= 4 is 23.2 Å². The molecule has 2 rings (SSSR count). The lowest BCUT2D eigenvalue weighted by Gasteiger charge is -2.30. The van der Waals surface area contributed by atoms with Crippen LogP contribution in [0.4, 0.5) is 0 Å². The first kappa shape index (κ1) is 16.0. The van der Waals surface area contributed by atoms with E-state index in [1.54, 1.807) is 6.07 Å².